The third kappa shape index (κ3) is 5.80. The van der Waals surface area contributed by atoms with Gasteiger partial charge in [-0.05, 0) is 45.4 Å². The van der Waals surface area contributed by atoms with Crippen molar-refractivity contribution >= 4 is 33.3 Å². The van der Waals surface area contributed by atoms with Crippen LogP contribution >= 0.6 is 11.3 Å². The summed E-state index contributed by atoms with van der Waals surface area (Å²) in [5.74, 6) is -1.79. The third-order valence-corrected chi connectivity index (χ3v) is 8.04. The van der Waals surface area contributed by atoms with Crippen molar-refractivity contribution in [2.45, 2.75) is 38.5 Å². The average Bonchev–Trinajstić information content (AvgIpc) is 3.38. The molecule has 1 aromatic heterocycles. The second-order valence-electron chi connectivity index (χ2n) is 8.77. The van der Waals surface area contributed by atoms with E-state index < -0.39 is 27.9 Å². The van der Waals surface area contributed by atoms with Crippen LogP contribution in [0.3, 0.4) is 0 Å². The molecule has 0 atom stereocenters. The maximum Gasteiger partial charge on any atom is 0.336 e. The van der Waals surface area contributed by atoms with Crippen molar-refractivity contribution in [2.75, 3.05) is 13.2 Å². The van der Waals surface area contributed by atoms with Gasteiger partial charge in [-0.1, -0.05) is 36.4 Å². The van der Waals surface area contributed by atoms with E-state index in [0.29, 0.717) is 38.8 Å². The first-order chi connectivity index (χ1) is 18.6. The number of ether oxygens (including phenoxy) is 2. The van der Waals surface area contributed by atoms with Crippen molar-refractivity contribution in [3.63, 3.8) is 0 Å². The number of benzene rings is 2. The van der Waals surface area contributed by atoms with E-state index in [4.69, 9.17) is 19.6 Å². The second-order valence-corrected chi connectivity index (χ2v) is 11.2. The van der Waals surface area contributed by atoms with Gasteiger partial charge >= 0.3 is 11.9 Å². The van der Waals surface area contributed by atoms with Gasteiger partial charge in [0, 0.05) is 27.9 Å². The number of thiazole rings is 1. The molecule has 204 valence electrons. The number of aromatic nitrogens is 1. The molecule has 0 radical (unpaired) electrons. The Morgan fingerprint density at radius 1 is 0.949 bits per heavy atom. The molecule has 4 rings (SSSR count). The van der Waals surface area contributed by atoms with Gasteiger partial charge in [0.05, 0.1) is 40.9 Å². The van der Waals surface area contributed by atoms with Crippen LogP contribution < -0.4 is 10.5 Å². The van der Waals surface area contributed by atoms with Crippen LogP contribution in [0.4, 0.5) is 0 Å². The van der Waals surface area contributed by atoms with Gasteiger partial charge in [0.1, 0.15) is 5.01 Å². The molecule has 0 saturated heterocycles. The number of hydrogen-bond donors (Lipinski definition) is 2. The zero-order valence-electron chi connectivity index (χ0n) is 22.0. The molecule has 0 spiro atoms. The first kappa shape index (κ1) is 28.2. The molecule has 2 heterocycles. The van der Waals surface area contributed by atoms with Crippen molar-refractivity contribution in [3.8, 4) is 21.8 Å². The minimum Gasteiger partial charge on any atom is -0.463 e. The average molecular weight is 568 g/mol. The lowest BCUT2D eigenvalue weighted by Crippen LogP contribution is -2.32. The van der Waals surface area contributed by atoms with Crippen LogP contribution in [0.25, 0.3) is 21.8 Å². The van der Waals surface area contributed by atoms with E-state index >= 15 is 0 Å². The van der Waals surface area contributed by atoms with Crippen LogP contribution in [0.5, 0.6) is 0 Å². The molecule has 1 aliphatic heterocycles. The number of nitrogens with zero attached hydrogens (tertiary/aromatic N) is 1. The number of sulfonamides is 1. The van der Waals surface area contributed by atoms with E-state index in [1.165, 1.54) is 23.5 Å². The van der Waals surface area contributed by atoms with Gasteiger partial charge in [-0.3, -0.25) is 0 Å². The molecule has 0 fully saturated rings. The molecule has 9 nitrogen and oxygen atoms in total. The zero-order valence-corrected chi connectivity index (χ0v) is 23.6. The Balaban J connectivity index is 1.84. The predicted octanol–water partition coefficient (Wildman–Crippen LogP) is 4.49. The molecule has 3 aromatic rings. The Labute approximate surface area is 231 Å². The fraction of sp³-hybridized carbons (Fsp3) is 0.250. The summed E-state index contributed by atoms with van der Waals surface area (Å²) in [5.41, 5.74) is 4.64. The molecule has 2 aromatic carbocycles. The topological polar surface area (TPSA) is 138 Å². The summed E-state index contributed by atoms with van der Waals surface area (Å²) in [5, 5.41) is 10.9. The zero-order chi connectivity index (χ0) is 28.3. The fourth-order valence-corrected chi connectivity index (χ4v) is 5.94. The van der Waals surface area contributed by atoms with Crippen LogP contribution in [0.2, 0.25) is 0 Å². The Bertz CT molecular complexity index is 1550. The van der Waals surface area contributed by atoms with Gasteiger partial charge < -0.3 is 14.8 Å². The van der Waals surface area contributed by atoms with Gasteiger partial charge in [0.2, 0.25) is 10.0 Å². The van der Waals surface area contributed by atoms with Crippen LogP contribution in [-0.2, 0) is 29.1 Å². The Hall–Kier alpha value is -3.80. The number of hydrogen-bond acceptors (Lipinski definition) is 9. The van der Waals surface area contributed by atoms with Crippen LogP contribution in [0.15, 0.2) is 81.3 Å². The summed E-state index contributed by atoms with van der Waals surface area (Å²) in [6, 6.07) is 13.6. The number of nitrogens with two attached hydrogens (primary N) is 1. The second kappa shape index (κ2) is 11.5. The normalized spacial score (nSPS) is 14.3. The first-order valence-corrected chi connectivity index (χ1v) is 14.7. The smallest absolute Gasteiger partial charge is 0.336 e. The lowest BCUT2D eigenvalue weighted by Gasteiger charge is -2.31. The lowest BCUT2D eigenvalue weighted by molar-refractivity contribution is -0.139. The number of carbonyl (C=O) groups excluding carboxylic acids is 2. The number of dihydropyridines is 1. The van der Waals surface area contributed by atoms with Crippen LogP contribution in [0, 0.1) is 0 Å². The van der Waals surface area contributed by atoms with Gasteiger partial charge in [0.25, 0.3) is 0 Å². The van der Waals surface area contributed by atoms with E-state index in [9.17, 15) is 18.0 Å². The van der Waals surface area contributed by atoms with Crippen molar-refractivity contribution in [3.05, 3.63) is 82.0 Å². The van der Waals surface area contributed by atoms with Crippen molar-refractivity contribution in [2.24, 2.45) is 5.14 Å². The summed E-state index contributed by atoms with van der Waals surface area (Å²) < 4.78 is 34.0. The van der Waals surface area contributed by atoms with Gasteiger partial charge in [-0.25, -0.2) is 28.1 Å². The molecule has 11 heteroatoms. The molecule has 0 aliphatic carbocycles. The lowest BCUT2D eigenvalue weighted by atomic mass is 9.78. The number of carbonyl (C=O) groups is 2. The highest BCUT2D eigenvalue weighted by atomic mass is 32.2. The number of allylic oxidation sites excluding steroid dienone is 2. The van der Waals surface area contributed by atoms with Crippen molar-refractivity contribution in [1.29, 1.82) is 0 Å². The summed E-state index contributed by atoms with van der Waals surface area (Å²) >= 11 is 1.39. The van der Waals surface area contributed by atoms with E-state index in [1.54, 1.807) is 39.8 Å². The largest absolute Gasteiger partial charge is 0.463 e. The molecule has 0 amide bonds. The minimum atomic E-state index is -3.81. The molecule has 39 heavy (non-hydrogen) atoms. The SMILES string of the molecule is CCOC(=O)C1=C(C)NC(C)=C(C(=O)OCC)C1c1ccccc1-c1nc(-c2ccc(S(N)(=O)=O)cc2)cs1. The molecule has 0 bridgehead atoms. The molecular formula is C28H29N3O6S2. The molecular weight excluding hydrogens is 538 g/mol. The Kier molecular flexibility index (Phi) is 8.34. The number of rotatable bonds is 8. The molecule has 1 aliphatic rings. The van der Waals surface area contributed by atoms with E-state index in [2.05, 4.69) is 5.32 Å². The minimum absolute atomic E-state index is 0.0141. The van der Waals surface area contributed by atoms with Gasteiger partial charge in [-0.15, -0.1) is 11.3 Å². The highest BCUT2D eigenvalue weighted by molar-refractivity contribution is 7.89. The van der Waals surface area contributed by atoms with E-state index in [1.807, 2.05) is 29.6 Å². The van der Waals surface area contributed by atoms with Gasteiger partial charge in [-0.2, -0.15) is 0 Å². The van der Waals surface area contributed by atoms with E-state index in [-0.39, 0.29) is 18.1 Å². The molecule has 0 saturated carbocycles. The monoisotopic (exact) mass is 567 g/mol. The first-order valence-electron chi connectivity index (χ1n) is 12.3. The maximum atomic E-state index is 13.2. The number of primary sulfonamides is 1. The maximum absolute atomic E-state index is 13.2. The summed E-state index contributed by atoms with van der Waals surface area (Å²) in [7, 11) is -3.81. The quantitative estimate of drug-likeness (QED) is 0.380. The predicted molar refractivity (Wildman–Crippen MR) is 149 cm³/mol. The summed E-state index contributed by atoms with van der Waals surface area (Å²) in [4.78, 5) is 31.2. The van der Waals surface area contributed by atoms with Crippen LogP contribution in [0.1, 0.15) is 39.2 Å². The summed E-state index contributed by atoms with van der Waals surface area (Å²) in [6.07, 6.45) is 0. The van der Waals surface area contributed by atoms with E-state index in [0.717, 1.165) is 11.1 Å². The van der Waals surface area contributed by atoms with Gasteiger partial charge in [0.15, 0.2) is 0 Å². The Morgan fingerprint density at radius 3 is 2.05 bits per heavy atom. The van der Waals surface area contributed by atoms with Crippen LogP contribution in [-0.4, -0.2) is 38.6 Å². The summed E-state index contributed by atoms with van der Waals surface area (Å²) in [6.45, 7) is 7.38. The van der Waals surface area contributed by atoms with Crippen molar-refractivity contribution < 1.29 is 27.5 Å². The Morgan fingerprint density at radius 2 is 1.51 bits per heavy atom. The molecule has 3 N–H and O–H groups in total. The van der Waals surface area contributed by atoms with Crippen molar-refractivity contribution in [1.82, 2.24) is 10.3 Å². The third-order valence-electron chi connectivity index (χ3n) is 6.24. The highest BCUT2D eigenvalue weighted by Crippen LogP contribution is 2.44. The highest BCUT2D eigenvalue weighted by Gasteiger charge is 2.39. The number of nitrogens with one attached hydrogen (secondary N) is 1. The standard InChI is InChI=1S/C28H29N3O6S2/c1-5-36-27(32)23-16(3)30-17(4)24(28(33)37-6-2)25(23)20-9-7-8-10-21(20)26-31-22(15-38-26)18-11-13-19(14-12-18)39(29,34)35/h7-15,25,30H,5-6H2,1-4H3,(H2,29,34,35). The fourth-order valence-electron chi connectivity index (χ4n) is 4.55. The number of esters is 2. The molecule has 0 unspecified atom stereocenters.